The molecule has 4 heteroatoms. The molecule has 0 amide bonds. The lowest BCUT2D eigenvalue weighted by atomic mass is 9.86. The first kappa shape index (κ1) is 23.6. The van der Waals surface area contributed by atoms with Crippen molar-refractivity contribution in [2.24, 2.45) is 0 Å². The predicted octanol–water partition coefficient (Wildman–Crippen LogP) is 7.89. The molecule has 34 heavy (non-hydrogen) atoms. The zero-order valence-corrected chi connectivity index (χ0v) is 20.8. The van der Waals surface area contributed by atoms with Crippen LogP contribution in [-0.4, -0.2) is 12.1 Å². The number of pyridine rings is 1. The molecule has 0 fully saturated rings. The first-order valence-corrected chi connectivity index (χ1v) is 12.2. The minimum absolute atomic E-state index is 0.0728. The van der Waals surface area contributed by atoms with Crippen LogP contribution in [0.3, 0.4) is 0 Å². The van der Waals surface area contributed by atoms with Crippen LogP contribution in [0.15, 0.2) is 90.0 Å². The summed E-state index contributed by atoms with van der Waals surface area (Å²) in [7, 11) is 1.66. The van der Waals surface area contributed by atoms with Crippen molar-refractivity contribution in [2.75, 3.05) is 7.11 Å². The molecule has 0 aliphatic carbocycles. The van der Waals surface area contributed by atoms with Gasteiger partial charge in [0.2, 0.25) is 0 Å². The van der Waals surface area contributed by atoms with Crippen LogP contribution in [0.4, 0.5) is 0 Å². The van der Waals surface area contributed by atoms with Crippen molar-refractivity contribution >= 4 is 11.8 Å². The summed E-state index contributed by atoms with van der Waals surface area (Å²) in [6, 6.07) is 31.2. The molecule has 0 aliphatic rings. The van der Waals surface area contributed by atoms with E-state index in [1.165, 1.54) is 5.56 Å². The zero-order valence-electron chi connectivity index (χ0n) is 20.0. The summed E-state index contributed by atoms with van der Waals surface area (Å²) in [6.07, 6.45) is 0. The number of hydrogen-bond acceptors (Lipinski definition) is 4. The average Bonchev–Trinajstić information content (AvgIpc) is 2.87. The van der Waals surface area contributed by atoms with Gasteiger partial charge >= 0.3 is 0 Å². The van der Waals surface area contributed by atoms with Gasteiger partial charge in [-0.3, -0.25) is 0 Å². The van der Waals surface area contributed by atoms with Gasteiger partial charge in [-0.05, 0) is 40.3 Å². The number of ether oxygens (including phenoxy) is 1. The average molecular weight is 465 g/mol. The van der Waals surface area contributed by atoms with Gasteiger partial charge in [0.15, 0.2) is 0 Å². The third-order valence-electron chi connectivity index (χ3n) is 5.76. The van der Waals surface area contributed by atoms with Gasteiger partial charge in [-0.2, -0.15) is 5.26 Å². The second kappa shape index (κ2) is 10.2. The van der Waals surface area contributed by atoms with Gasteiger partial charge in [-0.15, -0.1) is 11.8 Å². The first-order valence-electron chi connectivity index (χ1n) is 11.3. The highest BCUT2D eigenvalue weighted by Gasteiger charge is 2.18. The highest BCUT2D eigenvalue weighted by atomic mass is 32.2. The van der Waals surface area contributed by atoms with Crippen molar-refractivity contribution in [3.05, 3.63) is 102 Å². The van der Waals surface area contributed by atoms with Crippen LogP contribution in [0.1, 0.15) is 37.5 Å². The summed E-state index contributed by atoms with van der Waals surface area (Å²) in [5.41, 5.74) is 6.94. The standard InChI is InChI=1S/C30H28N2OS/c1-30(2,3)24-14-12-22(13-15-24)26-18-28(23-8-6-5-7-9-23)32-29(27(26)19-31)34-20-21-10-16-25(33-4)17-11-21/h5-18H,20H2,1-4H3. The van der Waals surface area contributed by atoms with E-state index in [-0.39, 0.29) is 5.41 Å². The molecule has 1 heterocycles. The fourth-order valence-electron chi connectivity index (χ4n) is 3.74. The monoisotopic (exact) mass is 464 g/mol. The Kier molecular flexibility index (Phi) is 7.05. The Labute approximate surface area is 206 Å². The van der Waals surface area contributed by atoms with Crippen molar-refractivity contribution < 1.29 is 4.74 Å². The number of nitriles is 1. The van der Waals surface area contributed by atoms with Gasteiger partial charge in [0.25, 0.3) is 0 Å². The Morgan fingerprint density at radius 3 is 2.15 bits per heavy atom. The van der Waals surface area contributed by atoms with Crippen LogP contribution < -0.4 is 4.74 Å². The summed E-state index contributed by atoms with van der Waals surface area (Å²) in [5.74, 6) is 1.54. The van der Waals surface area contributed by atoms with Crippen LogP contribution in [0.5, 0.6) is 5.75 Å². The highest BCUT2D eigenvalue weighted by Crippen LogP contribution is 2.36. The molecule has 4 rings (SSSR count). The number of nitrogens with zero attached hydrogens (tertiary/aromatic N) is 2. The minimum Gasteiger partial charge on any atom is -0.497 e. The first-order chi connectivity index (χ1) is 16.4. The summed E-state index contributed by atoms with van der Waals surface area (Å²) in [4.78, 5) is 4.92. The number of hydrogen-bond donors (Lipinski definition) is 0. The molecule has 0 radical (unpaired) electrons. The lowest BCUT2D eigenvalue weighted by molar-refractivity contribution is 0.414. The Bertz CT molecular complexity index is 1300. The van der Waals surface area contributed by atoms with Gasteiger partial charge < -0.3 is 4.74 Å². The maximum absolute atomic E-state index is 10.2. The molecular formula is C30H28N2OS. The molecule has 0 bridgehead atoms. The van der Waals surface area contributed by atoms with E-state index in [0.717, 1.165) is 38.7 Å². The smallest absolute Gasteiger partial charge is 0.118 e. The molecule has 0 saturated carbocycles. The fraction of sp³-hybridized carbons (Fsp3) is 0.200. The molecule has 0 N–H and O–H groups in total. The van der Waals surface area contributed by atoms with Gasteiger partial charge in [-0.25, -0.2) is 4.98 Å². The van der Waals surface area contributed by atoms with Crippen molar-refractivity contribution in [3.63, 3.8) is 0 Å². The Morgan fingerprint density at radius 2 is 1.56 bits per heavy atom. The van der Waals surface area contributed by atoms with Crippen molar-refractivity contribution in [1.82, 2.24) is 4.98 Å². The third kappa shape index (κ3) is 5.32. The van der Waals surface area contributed by atoms with Crippen LogP contribution >= 0.6 is 11.8 Å². The number of methoxy groups -OCH3 is 1. The number of benzene rings is 3. The molecule has 3 aromatic carbocycles. The molecule has 1 aromatic heterocycles. The van der Waals surface area contributed by atoms with Crippen LogP contribution in [0, 0.1) is 11.3 Å². The maximum atomic E-state index is 10.2. The Balaban J connectivity index is 1.77. The third-order valence-corrected chi connectivity index (χ3v) is 6.81. The molecule has 0 spiro atoms. The quantitative estimate of drug-likeness (QED) is 0.272. The summed E-state index contributed by atoms with van der Waals surface area (Å²) < 4.78 is 5.26. The molecular weight excluding hydrogens is 436 g/mol. The fourth-order valence-corrected chi connectivity index (χ4v) is 4.70. The van der Waals surface area contributed by atoms with Crippen molar-refractivity contribution in [1.29, 1.82) is 5.26 Å². The number of aromatic nitrogens is 1. The van der Waals surface area contributed by atoms with Gasteiger partial charge in [-0.1, -0.05) is 87.5 Å². The zero-order chi connectivity index (χ0) is 24.1. The maximum Gasteiger partial charge on any atom is 0.118 e. The molecule has 0 aliphatic heterocycles. The second-order valence-corrected chi connectivity index (χ2v) is 10.1. The minimum atomic E-state index is 0.0728. The van der Waals surface area contributed by atoms with Gasteiger partial charge in [0, 0.05) is 16.9 Å². The predicted molar refractivity (Wildman–Crippen MR) is 141 cm³/mol. The van der Waals surface area contributed by atoms with E-state index < -0.39 is 0 Å². The lowest BCUT2D eigenvalue weighted by Gasteiger charge is -2.19. The molecule has 4 aromatic rings. The van der Waals surface area contributed by atoms with Gasteiger partial charge in [0.05, 0.1) is 18.4 Å². The van der Waals surface area contributed by atoms with E-state index in [4.69, 9.17) is 9.72 Å². The van der Waals surface area contributed by atoms with E-state index in [1.807, 2.05) is 48.5 Å². The van der Waals surface area contributed by atoms with Crippen LogP contribution in [0.2, 0.25) is 0 Å². The Morgan fingerprint density at radius 1 is 0.882 bits per heavy atom. The van der Waals surface area contributed by atoms with E-state index in [9.17, 15) is 5.26 Å². The topological polar surface area (TPSA) is 45.9 Å². The molecule has 170 valence electrons. The van der Waals surface area contributed by atoms with Crippen LogP contribution in [-0.2, 0) is 11.2 Å². The summed E-state index contributed by atoms with van der Waals surface area (Å²) in [5, 5.41) is 10.9. The number of thioether (sulfide) groups is 1. The molecule has 3 nitrogen and oxygen atoms in total. The normalized spacial score (nSPS) is 11.1. The largest absolute Gasteiger partial charge is 0.497 e. The van der Waals surface area contributed by atoms with E-state index in [2.05, 4.69) is 63.2 Å². The van der Waals surface area contributed by atoms with Crippen molar-refractivity contribution in [3.8, 4) is 34.2 Å². The van der Waals surface area contributed by atoms with E-state index >= 15 is 0 Å². The SMILES string of the molecule is COc1ccc(CSc2nc(-c3ccccc3)cc(-c3ccc(C(C)(C)C)cc3)c2C#N)cc1. The molecule has 0 atom stereocenters. The molecule has 0 saturated heterocycles. The van der Waals surface area contributed by atoms with E-state index in [0.29, 0.717) is 11.3 Å². The van der Waals surface area contributed by atoms with E-state index in [1.54, 1.807) is 18.9 Å². The summed E-state index contributed by atoms with van der Waals surface area (Å²) in [6.45, 7) is 6.61. The van der Waals surface area contributed by atoms with Crippen molar-refractivity contribution in [2.45, 2.75) is 37.0 Å². The lowest BCUT2D eigenvalue weighted by Crippen LogP contribution is -2.10. The molecule has 0 unspecified atom stereocenters. The highest BCUT2D eigenvalue weighted by molar-refractivity contribution is 7.98. The second-order valence-electron chi connectivity index (χ2n) is 9.18. The Hall–Kier alpha value is -3.55. The number of rotatable bonds is 6. The summed E-state index contributed by atoms with van der Waals surface area (Å²) >= 11 is 1.59. The van der Waals surface area contributed by atoms with Crippen LogP contribution in [0.25, 0.3) is 22.4 Å². The van der Waals surface area contributed by atoms with Gasteiger partial charge in [0.1, 0.15) is 16.8 Å².